The van der Waals surface area contributed by atoms with Gasteiger partial charge >= 0.3 is 0 Å². The highest BCUT2D eigenvalue weighted by molar-refractivity contribution is 6.42. The van der Waals surface area contributed by atoms with Gasteiger partial charge in [-0.15, -0.1) is 0 Å². The number of likely N-dealkylation sites (tertiary alicyclic amines) is 2. The molecular weight excluding hydrogens is 486 g/mol. The topological polar surface area (TPSA) is 23.6 Å². The number of carbonyl (C=O) groups excluding carboxylic acids is 1. The number of rotatable bonds is 5. The first-order valence-corrected chi connectivity index (χ1v) is 12.1. The summed E-state index contributed by atoms with van der Waals surface area (Å²) in [6, 6.07) is 11.0. The highest BCUT2D eigenvalue weighted by atomic mass is 35.5. The average Bonchev–Trinajstić information content (AvgIpc) is 2.76. The number of carbonyl (C=O) groups is 1. The molecular formula is C25H24Cl4N2O. The van der Waals surface area contributed by atoms with Crippen LogP contribution in [0.5, 0.6) is 0 Å². The molecule has 3 nitrogen and oxygen atoms in total. The van der Waals surface area contributed by atoms with E-state index in [-0.39, 0.29) is 11.3 Å². The first-order valence-electron chi connectivity index (χ1n) is 10.6. The highest BCUT2D eigenvalue weighted by Gasteiger charge is 2.45. The van der Waals surface area contributed by atoms with Crippen LogP contribution in [0, 0.1) is 5.41 Å². The standard InChI is InChI=1S/C25H24Cl4N2O/c26-20-6-3-18(14-22(20)28)2-1-11-30-12-9-25(10-13-30)16-31(17-25)24(32)8-5-19-4-7-21(27)23(29)15-19/h1-8,14-15H,9-13,16-17H2. The van der Waals surface area contributed by atoms with Crippen molar-refractivity contribution in [1.82, 2.24) is 9.80 Å². The van der Waals surface area contributed by atoms with Gasteiger partial charge in [0.2, 0.25) is 5.91 Å². The Hall–Kier alpha value is -1.49. The molecule has 0 aliphatic carbocycles. The maximum Gasteiger partial charge on any atom is 0.246 e. The SMILES string of the molecule is O=C(C=Cc1ccc(Cl)c(Cl)c1)N1CC2(CCN(CC=Cc3ccc(Cl)c(Cl)c3)CC2)C1. The van der Waals surface area contributed by atoms with Crippen LogP contribution in [-0.2, 0) is 4.79 Å². The molecule has 2 aliphatic rings. The fourth-order valence-electron chi connectivity index (χ4n) is 4.29. The van der Waals surface area contributed by atoms with E-state index in [1.165, 1.54) is 0 Å². The number of hydrogen-bond acceptors (Lipinski definition) is 2. The zero-order chi connectivity index (χ0) is 22.7. The van der Waals surface area contributed by atoms with E-state index in [1.807, 2.05) is 29.2 Å². The third kappa shape index (κ3) is 5.70. The lowest BCUT2D eigenvalue weighted by Crippen LogP contribution is -2.61. The number of hydrogen-bond donors (Lipinski definition) is 0. The molecule has 2 saturated heterocycles. The number of benzene rings is 2. The predicted octanol–water partition coefficient (Wildman–Crippen LogP) is 6.95. The zero-order valence-electron chi connectivity index (χ0n) is 17.5. The highest BCUT2D eigenvalue weighted by Crippen LogP contribution is 2.40. The number of amides is 1. The summed E-state index contributed by atoms with van der Waals surface area (Å²) in [5.74, 6) is 0.0497. The van der Waals surface area contributed by atoms with Gasteiger partial charge in [0.15, 0.2) is 0 Å². The summed E-state index contributed by atoms with van der Waals surface area (Å²) in [6.07, 6.45) is 9.90. The largest absolute Gasteiger partial charge is 0.338 e. The third-order valence-corrected chi connectivity index (χ3v) is 7.74. The monoisotopic (exact) mass is 508 g/mol. The molecule has 0 unspecified atom stereocenters. The smallest absolute Gasteiger partial charge is 0.246 e. The zero-order valence-corrected chi connectivity index (χ0v) is 20.6. The van der Waals surface area contributed by atoms with Crippen molar-refractivity contribution in [2.45, 2.75) is 12.8 Å². The Balaban J connectivity index is 1.21. The van der Waals surface area contributed by atoms with Crippen molar-refractivity contribution < 1.29 is 4.79 Å². The van der Waals surface area contributed by atoms with Crippen LogP contribution in [0.3, 0.4) is 0 Å². The normalized spacial score (nSPS) is 18.6. The van der Waals surface area contributed by atoms with Crippen molar-refractivity contribution in [3.05, 3.63) is 79.8 Å². The summed E-state index contributed by atoms with van der Waals surface area (Å²) in [7, 11) is 0. The van der Waals surface area contributed by atoms with Gasteiger partial charge in [-0.25, -0.2) is 0 Å². The number of piperidine rings is 1. The van der Waals surface area contributed by atoms with E-state index < -0.39 is 0 Å². The van der Waals surface area contributed by atoms with Crippen molar-refractivity contribution in [1.29, 1.82) is 0 Å². The first kappa shape index (κ1) is 23.7. The summed E-state index contributed by atoms with van der Waals surface area (Å²) < 4.78 is 0. The summed E-state index contributed by atoms with van der Waals surface area (Å²) in [5.41, 5.74) is 2.19. The van der Waals surface area contributed by atoms with E-state index in [9.17, 15) is 4.79 Å². The van der Waals surface area contributed by atoms with E-state index >= 15 is 0 Å². The average molecular weight is 510 g/mol. The molecule has 0 radical (unpaired) electrons. The molecule has 1 spiro atoms. The van der Waals surface area contributed by atoms with Gasteiger partial charge in [0.1, 0.15) is 0 Å². The van der Waals surface area contributed by atoms with Crippen molar-refractivity contribution >= 4 is 64.5 Å². The lowest BCUT2D eigenvalue weighted by atomic mass is 9.72. The molecule has 0 N–H and O–H groups in total. The minimum absolute atomic E-state index is 0.0497. The van der Waals surface area contributed by atoms with Crippen molar-refractivity contribution in [2.75, 3.05) is 32.7 Å². The summed E-state index contributed by atoms with van der Waals surface area (Å²) in [5, 5.41) is 2.14. The minimum Gasteiger partial charge on any atom is -0.338 e. The molecule has 7 heteroatoms. The molecule has 2 fully saturated rings. The van der Waals surface area contributed by atoms with E-state index in [4.69, 9.17) is 46.4 Å². The Labute approximate surface area is 209 Å². The van der Waals surface area contributed by atoms with E-state index in [2.05, 4.69) is 17.1 Å². The molecule has 0 saturated carbocycles. The molecule has 2 aromatic carbocycles. The third-order valence-electron chi connectivity index (χ3n) is 6.26. The Kier molecular flexibility index (Phi) is 7.54. The van der Waals surface area contributed by atoms with Gasteiger partial charge in [0, 0.05) is 31.1 Å². The van der Waals surface area contributed by atoms with Crippen LogP contribution in [0.2, 0.25) is 20.1 Å². The van der Waals surface area contributed by atoms with Gasteiger partial charge < -0.3 is 4.90 Å². The van der Waals surface area contributed by atoms with Crippen molar-refractivity contribution in [3.63, 3.8) is 0 Å². The molecule has 0 atom stereocenters. The molecule has 32 heavy (non-hydrogen) atoms. The van der Waals surface area contributed by atoms with Crippen LogP contribution >= 0.6 is 46.4 Å². The van der Waals surface area contributed by atoms with Crippen LogP contribution in [-0.4, -0.2) is 48.4 Å². The Morgan fingerprint density at radius 2 is 1.41 bits per heavy atom. The molecule has 0 aromatic heterocycles. The van der Waals surface area contributed by atoms with Crippen LogP contribution in [0.1, 0.15) is 24.0 Å². The summed E-state index contributed by atoms with van der Waals surface area (Å²) in [6.45, 7) is 4.68. The molecule has 2 aliphatic heterocycles. The van der Waals surface area contributed by atoms with Crippen LogP contribution < -0.4 is 0 Å². The van der Waals surface area contributed by atoms with Gasteiger partial charge in [0.05, 0.1) is 20.1 Å². The fraction of sp³-hybridized carbons (Fsp3) is 0.320. The van der Waals surface area contributed by atoms with E-state index in [0.29, 0.717) is 20.1 Å². The summed E-state index contributed by atoms with van der Waals surface area (Å²) >= 11 is 24.0. The second-order valence-corrected chi connectivity index (χ2v) is 10.2. The Morgan fingerprint density at radius 3 is 1.97 bits per heavy atom. The number of nitrogens with zero attached hydrogens (tertiary/aromatic N) is 2. The van der Waals surface area contributed by atoms with Gasteiger partial charge in [-0.3, -0.25) is 9.69 Å². The Morgan fingerprint density at radius 1 is 0.844 bits per heavy atom. The quantitative estimate of drug-likeness (QED) is 0.407. The summed E-state index contributed by atoms with van der Waals surface area (Å²) in [4.78, 5) is 16.9. The maximum absolute atomic E-state index is 12.5. The molecule has 168 valence electrons. The van der Waals surface area contributed by atoms with Gasteiger partial charge in [-0.1, -0.05) is 70.7 Å². The van der Waals surface area contributed by atoms with Crippen LogP contribution in [0.15, 0.2) is 48.6 Å². The van der Waals surface area contributed by atoms with E-state index in [1.54, 1.807) is 24.3 Å². The molecule has 2 aromatic rings. The maximum atomic E-state index is 12.5. The molecule has 0 bridgehead atoms. The fourth-order valence-corrected chi connectivity index (χ4v) is 4.90. The van der Waals surface area contributed by atoms with Gasteiger partial charge in [-0.05, 0) is 67.4 Å². The first-order chi connectivity index (χ1) is 15.3. The Bertz CT molecular complexity index is 1050. The van der Waals surface area contributed by atoms with Crippen LogP contribution in [0.25, 0.3) is 12.2 Å². The van der Waals surface area contributed by atoms with E-state index in [0.717, 1.165) is 56.7 Å². The lowest BCUT2D eigenvalue weighted by Gasteiger charge is -2.53. The second kappa shape index (κ2) is 10.2. The van der Waals surface area contributed by atoms with Gasteiger partial charge in [-0.2, -0.15) is 0 Å². The lowest BCUT2D eigenvalue weighted by molar-refractivity contribution is -0.141. The van der Waals surface area contributed by atoms with Crippen LogP contribution in [0.4, 0.5) is 0 Å². The second-order valence-electron chi connectivity index (χ2n) is 8.58. The molecule has 1 amide bonds. The number of halogens is 4. The molecule has 2 heterocycles. The van der Waals surface area contributed by atoms with Crippen molar-refractivity contribution in [3.8, 4) is 0 Å². The predicted molar refractivity (Wildman–Crippen MR) is 136 cm³/mol. The molecule has 4 rings (SSSR count). The van der Waals surface area contributed by atoms with Crippen molar-refractivity contribution in [2.24, 2.45) is 5.41 Å². The van der Waals surface area contributed by atoms with Gasteiger partial charge in [0.25, 0.3) is 0 Å². The minimum atomic E-state index is 0.0497.